The Kier molecular flexibility index (Phi) is 10.3. The molecule has 33 heavy (non-hydrogen) atoms. The number of nitrogens with one attached hydrogen (secondary N) is 1. The zero-order valence-corrected chi connectivity index (χ0v) is 21.1. The van der Waals surface area contributed by atoms with Gasteiger partial charge in [-0.05, 0) is 48.6 Å². The first-order chi connectivity index (χ1) is 16.2. The molecule has 0 aliphatic rings. The Bertz CT molecular complexity index is 1050. The summed E-state index contributed by atoms with van der Waals surface area (Å²) in [6.45, 7) is 2.01. The van der Waals surface area contributed by atoms with Gasteiger partial charge in [-0.3, -0.25) is 0 Å². The molecule has 0 radical (unpaired) electrons. The third-order valence-electron chi connectivity index (χ3n) is 5.44. The van der Waals surface area contributed by atoms with Gasteiger partial charge < -0.3 is 4.98 Å². The molecule has 0 spiro atoms. The van der Waals surface area contributed by atoms with Crippen LogP contribution in [0.2, 0.25) is 6.32 Å². The number of hydrogen-bond acceptors (Lipinski definition) is 1. The lowest BCUT2D eigenvalue weighted by Crippen LogP contribution is -1.99. The zero-order chi connectivity index (χ0) is 23.3. The minimum absolute atomic E-state index is 0.468. The highest BCUT2D eigenvalue weighted by molar-refractivity contribution is 9.10. The van der Waals surface area contributed by atoms with Crippen molar-refractivity contribution in [2.75, 3.05) is 0 Å². The first-order valence-corrected chi connectivity index (χ1v) is 12.4. The van der Waals surface area contributed by atoms with Crippen LogP contribution in [-0.4, -0.2) is 17.8 Å². The van der Waals surface area contributed by atoms with Crippen molar-refractivity contribution in [2.45, 2.75) is 38.4 Å². The van der Waals surface area contributed by atoms with Crippen LogP contribution in [-0.2, 0) is 6.42 Å². The van der Waals surface area contributed by atoms with Crippen LogP contribution in [0.4, 0.5) is 0 Å². The summed E-state index contributed by atoms with van der Waals surface area (Å²) in [5.41, 5.74) is 5.17. The highest BCUT2D eigenvalue weighted by Gasteiger charge is 2.11. The summed E-state index contributed by atoms with van der Waals surface area (Å²) in [4.78, 5) is 7.48. The average Bonchev–Trinajstić information content (AvgIpc) is 3.26. The van der Waals surface area contributed by atoms with E-state index < -0.39 is 0 Å². The standard InChI is InChI=1S/C18H21B.C11H11BrN2/c19-15-9-3-8-14-18(16-10-4-1-5-11-16)17-12-6-2-7-13-17;1-8-7-13-11(14-8)6-9-2-4-10(12)5-3-9/h1-8,10-13,18H,9,14-15,19H2;2-5,7H,6H2,1H3,(H,13,14). The van der Waals surface area contributed by atoms with Crippen molar-refractivity contribution in [1.82, 2.24) is 9.97 Å². The Morgan fingerprint density at radius 2 is 1.48 bits per heavy atom. The second-order valence-electron chi connectivity index (χ2n) is 8.19. The van der Waals surface area contributed by atoms with E-state index in [1.807, 2.05) is 25.3 Å². The van der Waals surface area contributed by atoms with E-state index in [9.17, 15) is 0 Å². The van der Waals surface area contributed by atoms with Gasteiger partial charge in [-0.2, -0.15) is 0 Å². The molecular weight excluding hydrogens is 467 g/mol. The third kappa shape index (κ3) is 8.55. The molecule has 0 fully saturated rings. The van der Waals surface area contributed by atoms with Crippen molar-refractivity contribution < 1.29 is 0 Å². The first-order valence-electron chi connectivity index (χ1n) is 11.7. The maximum atomic E-state index is 4.27. The molecule has 0 saturated carbocycles. The number of imidazole rings is 1. The van der Waals surface area contributed by atoms with Crippen molar-refractivity contribution >= 4 is 23.8 Å². The molecule has 1 heterocycles. The molecular formula is C29H32BBrN2. The number of H-pyrrole nitrogens is 1. The minimum Gasteiger partial charge on any atom is -0.346 e. The largest absolute Gasteiger partial charge is 0.346 e. The van der Waals surface area contributed by atoms with Crippen molar-refractivity contribution in [2.24, 2.45) is 0 Å². The fraction of sp³-hybridized carbons (Fsp3) is 0.207. The van der Waals surface area contributed by atoms with Crippen LogP contribution in [0.1, 0.15) is 47.0 Å². The van der Waals surface area contributed by atoms with Crippen LogP contribution in [0.3, 0.4) is 0 Å². The predicted molar refractivity (Wildman–Crippen MR) is 147 cm³/mol. The molecule has 0 unspecified atom stereocenters. The summed E-state index contributed by atoms with van der Waals surface area (Å²) in [5, 5.41) is 0. The number of allylic oxidation sites excluding steroid dienone is 2. The van der Waals surface area contributed by atoms with E-state index >= 15 is 0 Å². The fourth-order valence-electron chi connectivity index (χ4n) is 3.70. The maximum Gasteiger partial charge on any atom is 0.110 e. The molecule has 4 rings (SSSR count). The Labute approximate surface area is 207 Å². The van der Waals surface area contributed by atoms with E-state index in [-0.39, 0.29) is 0 Å². The third-order valence-corrected chi connectivity index (χ3v) is 5.97. The average molecular weight is 499 g/mol. The number of benzene rings is 3. The molecule has 4 aromatic rings. The molecule has 0 aliphatic heterocycles. The molecule has 2 nitrogen and oxygen atoms in total. The van der Waals surface area contributed by atoms with Gasteiger partial charge in [0.2, 0.25) is 0 Å². The van der Waals surface area contributed by atoms with Gasteiger partial charge in [-0.1, -0.05) is 107 Å². The normalized spacial score (nSPS) is 10.9. The van der Waals surface area contributed by atoms with E-state index in [1.54, 1.807) is 0 Å². The van der Waals surface area contributed by atoms with Crippen LogP contribution in [0, 0.1) is 6.92 Å². The van der Waals surface area contributed by atoms with E-state index in [0.717, 1.165) is 28.8 Å². The molecule has 168 valence electrons. The molecule has 0 atom stereocenters. The quantitative estimate of drug-likeness (QED) is 0.200. The van der Waals surface area contributed by atoms with Gasteiger partial charge in [-0.15, -0.1) is 0 Å². The van der Waals surface area contributed by atoms with E-state index in [2.05, 4.69) is 119 Å². The first kappa shape index (κ1) is 24.8. The summed E-state index contributed by atoms with van der Waals surface area (Å²) in [5.74, 6) is 1.49. The van der Waals surface area contributed by atoms with Gasteiger partial charge in [0.25, 0.3) is 0 Å². The lowest BCUT2D eigenvalue weighted by molar-refractivity contribution is 0.827. The number of rotatable bonds is 8. The number of hydrogen-bond donors (Lipinski definition) is 1. The Hall–Kier alpha value is -2.85. The van der Waals surface area contributed by atoms with Gasteiger partial charge in [0, 0.05) is 28.7 Å². The van der Waals surface area contributed by atoms with Gasteiger partial charge in [-0.25, -0.2) is 4.98 Å². The summed E-state index contributed by atoms with van der Waals surface area (Å²) in [6, 6.07) is 29.9. The van der Waals surface area contributed by atoms with E-state index in [1.165, 1.54) is 29.4 Å². The van der Waals surface area contributed by atoms with Gasteiger partial charge >= 0.3 is 0 Å². The summed E-state index contributed by atoms with van der Waals surface area (Å²) >= 11 is 3.41. The molecule has 0 aliphatic carbocycles. The number of aromatic amines is 1. The number of aryl methyl sites for hydroxylation is 1. The number of aromatic nitrogens is 2. The predicted octanol–water partition coefficient (Wildman–Crippen LogP) is 7.28. The van der Waals surface area contributed by atoms with Crippen molar-refractivity contribution in [3.8, 4) is 0 Å². The molecule has 3 aromatic carbocycles. The SMILES string of the molecule is BCCC=CCC(c1ccccc1)c1ccccc1.Cc1cnc(Cc2ccc(Br)cc2)[nH]1. The van der Waals surface area contributed by atoms with E-state index in [0.29, 0.717) is 5.92 Å². The molecule has 4 heteroatoms. The van der Waals surface area contributed by atoms with Gasteiger partial charge in [0.05, 0.1) is 0 Å². The van der Waals surface area contributed by atoms with Crippen LogP contribution >= 0.6 is 15.9 Å². The van der Waals surface area contributed by atoms with Crippen molar-refractivity contribution in [3.63, 3.8) is 0 Å². The molecule has 0 bridgehead atoms. The second-order valence-corrected chi connectivity index (χ2v) is 9.10. The fourth-order valence-corrected chi connectivity index (χ4v) is 3.97. The Morgan fingerprint density at radius 3 is 2.00 bits per heavy atom. The molecule has 0 amide bonds. The number of halogens is 1. The summed E-state index contributed by atoms with van der Waals surface area (Å²) < 4.78 is 1.11. The van der Waals surface area contributed by atoms with Crippen LogP contribution in [0.15, 0.2) is 108 Å². The Balaban J connectivity index is 0.000000194. The topological polar surface area (TPSA) is 28.7 Å². The molecule has 0 saturated heterocycles. The lowest BCUT2D eigenvalue weighted by Gasteiger charge is -2.16. The van der Waals surface area contributed by atoms with Gasteiger partial charge in [0.15, 0.2) is 0 Å². The number of nitrogens with zero attached hydrogens (tertiary/aromatic N) is 1. The van der Waals surface area contributed by atoms with Crippen LogP contribution in [0.25, 0.3) is 0 Å². The van der Waals surface area contributed by atoms with Crippen LogP contribution < -0.4 is 0 Å². The maximum absolute atomic E-state index is 4.27. The second kappa shape index (κ2) is 13.6. The smallest absolute Gasteiger partial charge is 0.110 e. The Morgan fingerprint density at radius 1 is 0.879 bits per heavy atom. The van der Waals surface area contributed by atoms with Crippen LogP contribution in [0.5, 0.6) is 0 Å². The van der Waals surface area contributed by atoms with Crippen molar-refractivity contribution in [3.05, 3.63) is 136 Å². The highest BCUT2D eigenvalue weighted by atomic mass is 79.9. The van der Waals surface area contributed by atoms with Crippen molar-refractivity contribution in [1.29, 1.82) is 0 Å². The highest BCUT2D eigenvalue weighted by Crippen LogP contribution is 2.28. The van der Waals surface area contributed by atoms with Gasteiger partial charge in [0.1, 0.15) is 13.7 Å². The zero-order valence-electron chi connectivity index (χ0n) is 19.5. The summed E-state index contributed by atoms with van der Waals surface area (Å²) in [6.07, 6.45) is 10.8. The molecule has 1 N–H and O–H groups in total. The minimum atomic E-state index is 0.468. The monoisotopic (exact) mass is 498 g/mol. The summed E-state index contributed by atoms with van der Waals surface area (Å²) in [7, 11) is 2.22. The lowest BCUT2D eigenvalue weighted by atomic mass is 9.88. The molecule has 1 aromatic heterocycles. The van der Waals surface area contributed by atoms with E-state index in [4.69, 9.17) is 0 Å².